The van der Waals surface area contributed by atoms with Gasteiger partial charge in [-0.05, 0) is 12.1 Å². The number of hydrogen-bond donors (Lipinski definition) is 1. The highest BCUT2D eigenvalue weighted by Gasteiger charge is 2.28. The Bertz CT molecular complexity index is 739. The Kier molecular flexibility index (Phi) is 3.42. The van der Waals surface area contributed by atoms with Crippen molar-refractivity contribution in [1.29, 1.82) is 0 Å². The molecule has 6 nitrogen and oxygen atoms in total. The summed E-state index contributed by atoms with van der Waals surface area (Å²) in [6.45, 7) is 0. The van der Waals surface area contributed by atoms with Crippen LogP contribution < -0.4 is 5.32 Å². The molecule has 2 aliphatic heterocycles. The average molecular weight is 281 g/mol. The molecule has 2 aliphatic rings. The van der Waals surface area contributed by atoms with Gasteiger partial charge in [0.1, 0.15) is 24.2 Å². The molecule has 6 heteroatoms. The molecule has 104 valence electrons. The third-order valence-corrected chi connectivity index (χ3v) is 3.06. The van der Waals surface area contributed by atoms with E-state index in [1.54, 1.807) is 30.3 Å². The number of nitrogens with one attached hydrogen (secondary N) is 1. The van der Waals surface area contributed by atoms with Gasteiger partial charge in [0.25, 0.3) is 0 Å². The summed E-state index contributed by atoms with van der Waals surface area (Å²) in [7, 11) is 0. The van der Waals surface area contributed by atoms with Gasteiger partial charge in [0.2, 0.25) is 5.91 Å². The number of benzene rings is 1. The standard InChI is InChI=1S/C15H11N3O3/c19-8-11(15(20)16-10-4-2-1-3-5-10)14-12-9-21-7-6-13(12)17-18-14/h1-9,11H,(H,16,20). The summed E-state index contributed by atoms with van der Waals surface area (Å²) >= 11 is 0. The lowest BCUT2D eigenvalue weighted by molar-refractivity contribution is -0.122. The molecule has 1 aromatic carbocycles. The average Bonchev–Trinajstić information content (AvgIpc) is 2.93. The van der Waals surface area contributed by atoms with Crippen molar-refractivity contribution >= 4 is 17.9 Å². The van der Waals surface area contributed by atoms with E-state index in [1.807, 2.05) is 6.07 Å². The second-order valence-corrected chi connectivity index (χ2v) is 4.41. The molecular formula is C15H11N3O3. The minimum Gasteiger partial charge on any atom is -0.472 e. The van der Waals surface area contributed by atoms with E-state index in [4.69, 9.17) is 4.42 Å². The van der Waals surface area contributed by atoms with E-state index < -0.39 is 11.8 Å². The Morgan fingerprint density at radius 1 is 1.19 bits per heavy atom. The van der Waals surface area contributed by atoms with Crippen molar-refractivity contribution in [3.8, 4) is 11.3 Å². The van der Waals surface area contributed by atoms with Crippen LogP contribution in [0, 0.1) is 0 Å². The fourth-order valence-corrected chi connectivity index (χ4v) is 2.02. The summed E-state index contributed by atoms with van der Waals surface area (Å²) in [6, 6.07) is 10.5. The van der Waals surface area contributed by atoms with E-state index in [-0.39, 0.29) is 5.69 Å². The molecule has 1 aromatic rings. The van der Waals surface area contributed by atoms with E-state index in [1.165, 1.54) is 12.5 Å². The van der Waals surface area contributed by atoms with Gasteiger partial charge in [-0.3, -0.25) is 4.79 Å². The zero-order chi connectivity index (χ0) is 14.7. The molecular weight excluding hydrogens is 270 g/mol. The molecule has 2 heterocycles. The minimum absolute atomic E-state index is 0.290. The Morgan fingerprint density at radius 2 is 2.00 bits per heavy atom. The second kappa shape index (κ2) is 5.54. The molecule has 0 saturated carbocycles. The smallest absolute Gasteiger partial charge is 0.240 e. The lowest BCUT2D eigenvalue weighted by Crippen LogP contribution is -2.22. The van der Waals surface area contributed by atoms with Gasteiger partial charge in [0.15, 0.2) is 0 Å². The van der Waals surface area contributed by atoms with Crippen molar-refractivity contribution in [3.63, 3.8) is 0 Å². The lowest BCUT2D eigenvalue weighted by atomic mass is 10.0. The van der Waals surface area contributed by atoms with Crippen molar-refractivity contribution in [1.82, 2.24) is 10.2 Å². The van der Waals surface area contributed by atoms with Crippen LogP contribution in [0.4, 0.5) is 5.69 Å². The van der Waals surface area contributed by atoms with Crippen LogP contribution in [0.25, 0.3) is 11.3 Å². The van der Waals surface area contributed by atoms with Crippen molar-refractivity contribution in [3.05, 3.63) is 54.6 Å². The Hall–Kier alpha value is -3.02. The van der Waals surface area contributed by atoms with E-state index in [9.17, 15) is 9.59 Å². The summed E-state index contributed by atoms with van der Waals surface area (Å²) in [5, 5.41) is 10.5. The van der Waals surface area contributed by atoms with E-state index in [2.05, 4.69) is 15.5 Å². The van der Waals surface area contributed by atoms with Crippen LogP contribution in [-0.2, 0) is 9.59 Å². The molecule has 1 atom stereocenters. The monoisotopic (exact) mass is 281 g/mol. The van der Waals surface area contributed by atoms with Crippen LogP contribution in [-0.4, -0.2) is 22.4 Å². The molecule has 21 heavy (non-hydrogen) atoms. The maximum Gasteiger partial charge on any atom is 0.240 e. The molecule has 0 bridgehead atoms. The highest BCUT2D eigenvalue weighted by Crippen LogP contribution is 2.28. The lowest BCUT2D eigenvalue weighted by Gasteiger charge is -2.10. The molecule has 1 unspecified atom stereocenters. The number of hydrogen-bond acceptors (Lipinski definition) is 5. The number of aromatic nitrogens is 2. The van der Waals surface area contributed by atoms with E-state index in [0.29, 0.717) is 23.2 Å². The first-order valence-electron chi connectivity index (χ1n) is 6.29. The van der Waals surface area contributed by atoms with Crippen molar-refractivity contribution < 1.29 is 14.0 Å². The van der Waals surface area contributed by atoms with Crippen molar-refractivity contribution in [2.75, 3.05) is 5.32 Å². The predicted molar refractivity (Wildman–Crippen MR) is 74.8 cm³/mol. The number of para-hydroxylation sites is 1. The van der Waals surface area contributed by atoms with Crippen LogP contribution in [0.2, 0.25) is 0 Å². The predicted octanol–water partition coefficient (Wildman–Crippen LogP) is 2.10. The zero-order valence-corrected chi connectivity index (χ0v) is 10.9. The molecule has 0 fully saturated rings. The number of carbonyl (C=O) groups excluding carboxylic acids is 2. The summed E-state index contributed by atoms with van der Waals surface area (Å²) in [5.74, 6) is -1.49. The van der Waals surface area contributed by atoms with Gasteiger partial charge in [-0.15, -0.1) is 5.10 Å². The highest BCUT2D eigenvalue weighted by molar-refractivity contribution is 6.06. The maximum atomic E-state index is 12.2. The fraction of sp³-hybridized carbons (Fsp3) is 0.0667. The first kappa shape index (κ1) is 13.0. The number of amides is 1. The van der Waals surface area contributed by atoms with Crippen LogP contribution in [0.5, 0.6) is 0 Å². The number of anilines is 1. The molecule has 3 rings (SSSR count). The Morgan fingerprint density at radius 3 is 2.76 bits per heavy atom. The fourth-order valence-electron chi connectivity index (χ4n) is 2.02. The summed E-state index contributed by atoms with van der Waals surface area (Å²) < 4.78 is 5.05. The molecule has 0 saturated heterocycles. The highest BCUT2D eigenvalue weighted by atomic mass is 16.3. The molecule has 0 aromatic heterocycles. The number of nitrogens with zero attached hydrogens (tertiary/aromatic N) is 2. The van der Waals surface area contributed by atoms with Crippen molar-refractivity contribution in [2.45, 2.75) is 5.92 Å². The minimum atomic E-state index is -1.03. The number of fused-ring (bicyclic) bond motifs is 1. The van der Waals surface area contributed by atoms with Crippen LogP contribution in [0.15, 0.2) is 53.3 Å². The second-order valence-electron chi connectivity index (χ2n) is 4.41. The van der Waals surface area contributed by atoms with E-state index in [0.717, 1.165) is 0 Å². The zero-order valence-electron chi connectivity index (χ0n) is 10.9. The maximum absolute atomic E-state index is 12.2. The SMILES string of the molecule is O=CC(C(=O)Nc1ccccc1)c1nnc2ccocc1-2. The molecule has 1 N–H and O–H groups in total. The quantitative estimate of drug-likeness (QED) is 0.584. The van der Waals surface area contributed by atoms with Gasteiger partial charge >= 0.3 is 0 Å². The van der Waals surface area contributed by atoms with Gasteiger partial charge in [0.05, 0.1) is 17.5 Å². The van der Waals surface area contributed by atoms with Gasteiger partial charge < -0.3 is 14.5 Å². The summed E-state index contributed by atoms with van der Waals surface area (Å²) in [6.07, 6.45) is 3.44. The van der Waals surface area contributed by atoms with E-state index >= 15 is 0 Å². The first-order chi connectivity index (χ1) is 10.3. The Balaban J connectivity index is 1.88. The largest absolute Gasteiger partial charge is 0.472 e. The summed E-state index contributed by atoms with van der Waals surface area (Å²) in [5.41, 5.74) is 2.04. The molecule has 0 radical (unpaired) electrons. The van der Waals surface area contributed by atoms with Crippen LogP contribution >= 0.6 is 0 Å². The number of carbonyl (C=O) groups is 2. The van der Waals surface area contributed by atoms with Gasteiger partial charge in [-0.1, -0.05) is 18.2 Å². The molecule has 0 spiro atoms. The molecule has 0 aliphatic carbocycles. The Labute approximate surface area is 120 Å². The third-order valence-electron chi connectivity index (χ3n) is 3.06. The number of aldehydes is 1. The van der Waals surface area contributed by atoms with Gasteiger partial charge in [-0.25, -0.2) is 0 Å². The number of rotatable bonds is 4. The van der Waals surface area contributed by atoms with Crippen LogP contribution in [0.1, 0.15) is 11.6 Å². The molecule has 1 amide bonds. The van der Waals surface area contributed by atoms with Crippen LogP contribution in [0.3, 0.4) is 0 Å². The first-order valence-corrected chi connectivity index (χ1v) is 6.29. The topological polar surface area (TPSA) is 85.1 Å². The summed E-state index contributed by atoms with van der Waals surface area (Å²) in [4.78, 5) is 23.6. The third kappa shape index (κ3) is 2.51. The van der Waals surface area contributed by atoms with Gasteiger partial charge in [0, 0.05) is 11.8 Å². The van der Waals surface area contributed by atoms with Gasteiger partial charge in [-0.2, -0.15) is 5.10 Å². The van der Waals surface area contributed by atoms with Crippen molar-refractivity contribution in [2.24, 2.45) is 0 Å². The normalized spacial score (nSPS) is 12.0.